The molecule has 1 fully saturated rings. The second kappa shape index (κ2) is 8.91. The van der Waals surface area contributed by atoms with Crippen molar-refractivity contribution in [3.05, 3.63) is 69.1 Å². The first-order valence-electron chi connectivity index (χ1n) is 8.63. The molecule has 1 saturated heterocycles. The summed E-state index contributed by atoms with van der Waals surface area (Å²) in [7, 11) is 0. The Kier molecular flexibility index (Phi) is 6.59. The lowest BCUT2D eigenvalue weighted by molar-refractivity contribution is 0.0786. The molecule has 1 N–H and O–H groups in total. The van der Waals surface area contributed by atoms with Crippen molar-refractivity contribution in [2.45, 2.75) is 24.2 Å². The minimum Gasteiger partial charge on any atom is -0.612 e. The summed E-state index contributed by atoms with van der Waals surface area (Å²) in [6, 6.07) is 11.2. The van der Waals surface area contributed by atoms with Crippen molar-refractivity contribution in [3.8, 4) is 0 Å². The zero-order valence-corrected chi connectivity index (χ0v) is 16.2. The molecule has 2 heterocycles. The topological polar surface area (TPSA) is 65.2 Å². The molecular formula is C20H22ClNO3S. The lowest BCUT2D eigenvalue weighted by Crippen LogP contribution is -2.15. The van der Waals surface area contributed by atoms with Gasteiger partial charge in [0.25, 0.3) is 5.56 Å². The van der Waals surface area contributed by atoms with E-state index in [9.17, 15) is 9.35 Å². The molecule has 0 aliphatic carbocycles. The van der Waals surface area contributed by atoms with Gasteiger partial charge >= 0.3 is 0 Å². The SMILES string of the molecule is C[S+]([O-])c1ccc(C/C(=C\C2CCOCC2)c2ccc(Cl)c(=O)[nH]2)cc1. The van der Waals surface area contributed by atoms with Crippen LogP contribution < -0.4 is 5.56 Å². The zero-order valence-electron chi connectivity index (χ0n) is 14.7. The largest absolute Gasteiger partial charge is 0.612 e. The van der Waals surface area contributed by atoms with Crippen LogP contribution in [0.15, 0.2) is 52.2 Å². The summed E-state index contributed by atoms with van der Waals surface area (Å²) in [5, 5.41) is 0.189. The summed E-state index contributed by atoms with van der Waals surface area (Å²) < 4.78 is 17.0. The minimum absolute atomic E-state index is 0.189. The van der Waals surface area contributed by atoms with E-state index in [2.05, 4.69) is 11.1 Å². The second-order valence-electron chi connectivity index (χ2n) is 6.47. The van der Waals surface area contributed by atoms with Crippen molar-refractivity contribution in [1.82, 2.24) is 4.98 Å². The zero-order chi connectivity index (χ0) is 18.5. The normalized spacial score (nSPS) is 17.3. The predicted octanol–water partition coefficient (Wildman–Crippen LogP) is 3.82. The maximum absolute atomic E-state index is 11.9. The summed E-state index contributed by atoms with van der Waals surface area (Å²) in [5.41, 5.74) is 2.68. The minimum atomic E-state index is -0.988. The average Bonchev–Trinajstić information content (AvgIpc) is 2.65. The van der Waals surface area contributed by atoms with Crippen LogP contribution in [0.5, 0.6) is 0 Å². The van der Waals surface area contributed by atoms with E-state index in [1.54, 1.807) is 12.3 Å². The van der Waals surface area contributed by atoms with Gasteiger partial charge in [0.2, 0.25) is 0 Å². The Morgan fingerprint density at radius 3 is 2.58 bits per heavy atom. The molecule has 2 aromatic rings. The molecule has 0 bridgehead atoms. The first-order chi connectivity index (χ1) is 12.5. The Hall–Kier alpha value is -1.53. The van der Waals surface area contributed by atoms with Crippen LogP contribution in [0.3, 0.4) is 0 Å². The number of hydrogen-bond acceptors (Lipinski definition) is 3. The van der Waals surface area contributed by atoms with Crippen molar-refractivity contribution < 1.29 is 9.29 Å². The molecule has 1 aromatic heterocycles. The lowest BCUT2D eigenvalue weighted by Gasteiger charge is -2.20. The van der Waals surface area contributed by atoms with Crippen molar-refractivity contribution in [1.29, 1.82) is 0 Å². The fourth-order valence-electron chi connectivity index (χ4n) is 3.07. The van der Waals surface area contributed by atoms with E-state index in [1.165, 1.54) is 0 Å². The highest BCUT2D eigenvalue weighted by molar-refractivity contribution is 7.90. The number of halogens is 1. The first-order valence-corrected chi connectivity index (χ1v) is 10.6. The number of nitrogens with one attached hydrogen (secondary N) is 1. The molecule has 1 aromatic carbocycles. The van der Waals surface area contributed by atoms with E-state index in [1.807, 2.05) is 30.3 Å². The van der Waals surface area contributed by atoms with E-state index >= 15 is 0 Å². The van der Waals surface area contributed by atoms with Gasteiger partial charge < -0.3 is 14.3 Å². The number of aromatic amines is 1. The van der Waals surface area contributed by atoms with Gasteiger partial charge in [0.05, 0.1) is 0 Å². The van der Waals surface area contributed by atoms with E-state index in [0.717, 1.165) is 47.8 Å². The highest BCUT2D eigenvalue weighted by atomic mass is 35.5. The Labute approximate surface area is 161 Å². The van der Waals surface area contributed by atoms with Gasteiger partial charge in [-0.25, -0.2) is 0 Å². The van der Waals surface area contributed by atoms with Crippen molar-refractivity contribution in [3.63, 3.8) is 0 Å². The third-order valence-electron chi connectivity index (χ3n) is 4.56. The van der Waals surface area contributed by atoms with Gasteiger partial charge in [-0.3, -0.25) is 4.79 Å². The van der Waals surface area contributed by atoms with Gasteiger partial charge in [-0.15, -0.1) is 0 Å². The average molecular weight is 392 g/mol. The molecule has 3 rings (SSSR count). The summed E-state index contributed by atoms with van der Waals surface area (Å²) in [6.45, 7) is 1.53. The Morgan fingerprint density at radius 2 is 1.96 bits per heavy atom. The first kappa shape index (κ1) is 19.2. The number of allylic oxidation sites excluding steroid dienone is 2. The van der Waals surface area contributed by atoms with Gasteiger partial charge in [-0.2, -0.15) is 0 Å². The van der Waals surface area contributed by atoms with Crippen LogP contribution in [-0.2, 0) is 22.3 Å². The lowest BCUT2D eigenvalue weighted by atomic mass is 9.93. The summed E-state index contributed by atoms with van der Waals surface area (Å²) in [5.74, 6) is 0.431. The van der Waals surface area contributed by atoms with Crippen LogP contribution in [-0.4, -0.2) is 29.0 Å². The molecule has 1 atom stereocenters. The molecule has 1 unspecified atom stereocenters. The Morgan fingerprint density at radius 1 is 1.27 bits per heavy atom. The molecule has 4 nitrogen and oxygen atoms in total. The maximum Gasteiger partial charge on any atom is 0.267 e. The van der Waals surface area contributed by atoms with E-state index in [4.69, 9.17) is 16.3 Å². The Balaban J connectivity index is 1.90. The fourth-order valence-corrected chi connectivity index (χ4v) is 3.70. The molecule has 0 saturated carbocycles. The van der Waals surface area contributed by atoms with Crippen LogP contribution in [0.25, 0.3) is 5.57 Å². The summed E-state index contributed by atoms with van der Waals surface area (Å²) >= 11 is 4.89. The van der Waals surface area contributed by atoms with Gasteiger partial charge in [0, 0.05) is 18.9 Å². The van der Waals surface area contributed by atoms with Crippen LogP contribution in [0.4, 0.5) is 0 Å². The van der Waals surface area contributed by atoms with Gasteiger partial charge in [-0.1, -0.05) is 29.8 Å². The number of rotatable bonds is 5. The van der Waals surface area contributed by atoms with E-state index in [0.29, 0.717) is 12.3 Å². The third kappa shape index (κ3) is 5.01. The van der Waals surface area contributed by atoms with Gasteiger partial charge in [0.15, 0.2) is 4.90 Å². The van der Waals surface area contributed by atoms with E-state index < -0.39 is 11.2 Å². The molecule has 1 aliphatic heterocycles. The molecule has 0 spiro atoms. The predicted molar refractivity (Wildman–Crippen MR) is 106 cm³/mol. The summed E-state index contributed by atoms with van der Waals surface area (Å²) in [6.07, 6.45) is 6.56. The van der Waals surface area contributed by atoms with Crippen LogP contribution in [0, 0.1) is 5.92 Å². The molecule has 138 valence electrons. The molecular weight excluding hydrogens is 370 g/mol. The third-order valence-corrected chi connectivity index (χ3v) is 5.79. The van der Waals surface area contributed by atoms with Crippen molar-refractivity contribution >= 4 is 28.3 Å². The molecule has 0 amide bonds. The highest BCUT2D eigenvalue weighted by Crippen LogP contribution is 2.25. The quantitative estimate of drug-likeness (QED) is 0.788. The molecule has 1 aliphatic rings. The summed E-state index contributed by atoms with van der Waals surface area (Å²) in [4.78, 5) is 15.6. The van der Waals surface area contributed by atoms with Gasteiger partial charge in [-0.05, 0) is 71.8 Å². The number of aromatic nitrogens is 1. The van der Waals surface area contributed by atoms with Crippen LogP contribution in [0.2, 0.25) is 5.02 Å². The number of hydrogen-bond donors (Lipinski definition) is 1. The molecule has 0 radical (unpaired) electrons. The number of H-pyrrole nitrogens is 1. The van der Waals surface area contributed by atoms with E-state index in [-0.39, 0.29) is 10.6 Å². The Bertz CT molecular complexity index is 824. The number of benzene rings is 1. The second-order valence-corrected chi connectivity index (χ2v) is 8.25. The number of pyridine rings is 1. The molecule has 26 heavy (non-hydrogen) atoms. The van der Waals surface area contributed by atoms with Crippen LogP contribution in [0.1, 0.15) is 24.1 Å². The fraction of sp³-hybridized carbons (Fsp3) is 0.350. The van der Waals surface area contributed by atoms with Crippen molar-refractivity contribution in [2.24, 2.45) is 5.92 Å². The highest BCUT2D eigenvalue weighted by Gasteiger charge is 2.15. The van der Waals surface area contributed by atoms with Crippen molar-refractivity contribution in [2.75, 3.05) is 19.5 Å². The van der Waals surface area contributed by atoms with Gasteiger partial charge in [0.1, 0.15) is 11.3 Å². The standard InChI is InChI=1S/C20H22ClNO3S/c1-26(24)17-4-2-14(3-5-17)12-16(13-15-8-10-25-11-9-15)19-7-6-18(21)20(23)22-19/h2-7,13,15H,8-12H2,1H3,(H,22,23)/b16-13+. The molecule has 6 heteroatoms. The smallest absolute Gasteiger partial charge is 0.267 e. The number of ether oxygens (including phenoxy) is 1. The van der Waals surface area contributed by atoms with Crippen LogP contribution >= 0.6 is 11.6 Å². The monoisotopic (exact) mass is 391 g/mol. The maximum atomic E-state index is 11.9.